The second-order valence-electron chi connectivity index (χ2n) is 3.96. The number of hydrogen-bond acceptors (Lipinski definition) is 2. The molecule has 0 aliphatic rings. The molecular formula is C13H19FO2. The third-order valence-electron chi connectivity index (χ3n) is 2.56. The average molecular weight is 226 g/mol. The van der Waals surface area contributed by atoms with Crippen molar-refractivity contribution in [1.29, 1.82) is 0 Å². The predicted octanol–water partition coefficient (Wildman–Crippen LogP) is 3.06. The summed E-state index contributed by atoms with van der Waals surface area (Å²) in [7, 11) is 0. The Hall–Kier alpha value is -1.09. The highest BCUT2D eigenvalue weighted by Gasteiger charge is 2.02. The summed E-state index contributed by atoms with van der Waals surface area (Å²) in [5, 5.41) is 9.32. The molecule has 1 aromatic rings. The van der Waals surface area contributed by atoms with E-state index < -0.39 is 0 Å². The molecule has 16 heavy (non-hydrogen) atoms. The lowest BCUT2D eigenvalue weighted by Crippen LogP contribution is -2.07. The number of rotatable bonds is 6. The molecule has 0 aliphatic carbocycles. The fraction of sp³-hybridized carbons (Fsp3) is 0.538. The number of aryl methyl sites for hydroxylation is 1. The van der Waals surface area contributed by atoms with E-state index in [-0.39, 0.29) is 11.9 Å². The van der Waals surface area contributed by atoms with Gasteiger partial charge in [-0.1, -0.05) is 13.0 Å². The van der Waals surface area contributed by atoms with Gasteiger partial charge in [0.25, 0.3) is 0 Å². The summed E-state index contributed by atoms with van der Waals surface area (Å²) in [5.41, 5.74) is 0.619. The van der Waals surface area contributed by atoms with Gasteiger partial charge >= 0.3 is 0 Å². The van der Waals surface area contributed by atoms with Crippen molar-refractivity contribution in [2.75, 3.05) is 6.61 Å². The Morgan fingerprint density at radius 2 is 2.19 bits per heavy atom. The topological polar surface area (TPSA) is 29.5 Å². The van der Waals surface area contributed by atoms with Gasteiger partial charge in [-0.05, 0) is 37.8 Å². The monoisotopic (exact) mass is 226 g/mol. The smallest absolute Gasteiger partial charge is 0.129 e. The van der Waals surface area contributed by atoms with Gasteiger partial charge in [0.05, 0.1) is 12.7 Å². The first-order valence-electron chi connectivity index (χ1n) is 5.70. The zero-order chi connectivity index (χ0) is 12.0. The van der Waals surface area contributed by atoms with Gasteiger partial charge in [0, 0.05) is 6.07 Å². The minimum absolute atomic E-state index is 0.244. The van der Waals surface area contributed by atoms with E-state index in [4.69, 9.17) is 4.74 Å². The fourth-order valence-electron chi connectivity index (χ4n) is 1.38. The Morgan fingerprint density at radius 3 is 2.81 bits per heavy atom. The van der Waals surface area contributed by atoms with Crippen LogP contribution in [0, 0.1) is 12.7 Å². The fourth-order valence-corrected chi connectivity index (χ4v) is 1.38. The summed E-state index contributed by atoms with van der Waals surface area (Å²) in [6.07, 6.45) is 2.02. The van der Waals surface area contributed by atoms with Crippen molar-refractivity contribution in [2.45, 2.75) is 39.2 Å². The van der Waals surface area contributed by atoms with E-state index in [0.29, 0.717) is 17.9 Å². The van der Waals surface area contributed by atoms with Crippen molar-refractivity contribution in [2.24, 2.45) is 0 Å². The summed E-state index contributed by atoms with van der Waals surface area (Å²) in [5.74, 6) is 0.306. The van der Waals surface area contributed by atoms with Crippen molar-refractivity contribution in [3.05, 3.63) is 29.6 Å². The van der Waals surface area contributed by atoms with Gasteiger partial charge in [0.15, 0.2) is 0 Å². The molecule has 0 amide bonds. The van der Waals surface area contributed by atoms with Gasteiger partial charge in [0.2, 0.25) is 0 Å². The zero-order valence-corrected chi connectivity index (χ0v) is 9.87. The van der Waals surface area contributed by atoms with E-state index in [1.54, 1.807) is 19.1 Å². The lowest BCUT2D eigenvalue weighted by molar-refractivity contribution is 0.148. The molecule has 90 valence electrons. The first-order chi connectivity index (χ1) is 7.63. The van der Waals surface area contributed by atoms with Gasteiger partial charge < -0.3 is 9.84 Å². The minimum Gasteiger partial charge on any atom is -0.493 e. The summed E-state index contributed by atoms with van der Waals surface area (Å²) < 4.78 is 18.5. The van der Waals surface area contributed by atoms with E-state index in [2.05, 4.69) is 0 Å². The Bertz CT molecular complexity index is 326. The van der Waals surface area contributed by atoms with E-state index in [0.717, 1.165) is 19.3 Å². The molecule has 0 radical (unpaired) electrons. The van der Waals surface area contributed by atoms with Crippen molar-refractivity contribution in [3.63, 3.8) is 0 Å². The molecule has 0 aromatic heterocycles. The molecule has 0 saturated heterocycles. The molecule has 0 spiro atoms. The Balaban J connectivity index is 2.29. The molecule has 1 N–H and O–H groups in total. The molecule has 0 fully saturated rings. The number of benzene rings is 1. The van der Waals surface area contributed by atoms with E-state index in [1.165, 1.54) is 6.07 Å². The molecule has 0 bridgehead atoms. The lowest BCUT2D eigenvalue weighted by atomic mass is 10.1. The number of hydrogen-bond donors (Lipinski definition) is 1. The van der Waals surface area contributed by atoms with Crippen LogP contribution >= 0.6 is 0 Å². The molecule has 1 atom stereocenters. The van der Waals surface area contributed by atoms with Crippen LogP contribution in [0.2, 0.25) is 0 Å². The highest BCUT2D eigenvalue weighted by Crippen LogP contribution is 2.16. The standard InChI is InChI=1S/C13H19FO2/c1-3-11(15)5-4-8-16-12-7-6-10(2)13(14)9-12/h6-7,9,11,15H,3-5,8H2,1-2H3. The SMILES string of the molecule is CCC(O)CCCOc1ccc(C)c(F)c1. The number of ether oxygens (including phenoxy) is 1. The molecular weight excluding hydrogens is 207 g/mol. The van der Waals surface area contributed by atoms with Crippen LogP contribution in [0.15, 0.2) is 18.2 Å². The van der Waals surface area contributed by atoms with Crippen LogP contribution in [-0.4, -0.2) is 17.8 Å². The third-order valence-corrected chi connectivity index (χ3v) is 2.56. The second kappa shape index (κ2) is 6.48. The van der Waals surface area contributed by atoms with E-state index in [9.17, 15) is 9.50 Å². The van der Waals surface area contributed by atoms with Gasteiger partial charge in [-0.15, -0.1) is 0 Å². The summed E-state index contributed by atoms with van der Waals surface area (Å²) in [6.45, 7) is 4.18. The van der Waals surface area contributed by atoms with Gasteiger partial charge in [-0.2, -0.15) is 0 Å². The van der Waals surface area contributed by atoms with Gasteiger partial charge in [0.1, 0.15) is 11.6 Å². The molecule has 0 saturated carbocycles. The highest BCUT2D eigenvalue weighted by molar-refractivity contribution is 5.27. The highest BCUT2D eigenvalue weighted by atomic mass is 19.1. The van der Waals surface area contributed by atoms with Crippen LogP contribution in [0.5, 0.6) is 5.75 Å². The van der Waals surface area contributed by atoms with Crippen LogP contribution in [-0.2, 0) is 0 Å². The summed E-state index contributed by atoms with van der Waals surface area (Å²) in [4.78, 5) is 0. The van der Waals surface area contributed by atoms with Crippen molar-refractivity contribution in [3.8, 4) is 5.75 Å². The molecule has 0 aliphatic heterocycles. The molecule has 1 aromatic carbocycles. The normalized spacial score (nSPS) is 12.5. The predicted molar refractivity (Wildman–Crippen MR) is 62.2 cm³/mol. The minimum atomic E-state index is -0.252. The van der Waals surface area contributed by atoms with E-state index >= 15 is 0 Å². The molecule has 1 rings (SSSR count). The van der Waals surface area contributed by atoms with Crippen LogP contribution < -0.4 is 4.74 Å². The maximum Gasteiger partial charge on any atom is 0.129 e. The van der Waals surface area contributed by atoms with Crippen molar-refractivity contribution >= 4 is 0 Å². The second-order valence-corrected chi connectivity index (χ2v) is 3.96. The molecule has 0 heterocycles. The Morgan fingerprint density at radius 1 is 1.44 bits per heavy atom. The summed E-state index contributed by atoms with van der Waals surface area (Å²) in [6, 6.07) is 4.85. The van der Waals surface area contributed by atoms with E-state index in [1.807, 2.05) is 6.92 Å². The quantitative estimate of drug-likeness (QED) is 0.755. The zero-order valence-electron chi connectivity index (χ0n) is 9.87. The summed E-state index contributed by atoms with van der Waals surface area (Å²) >= 11 is 0. The number of aliphatic hydroxyl groups is 1. The number of halogens is 1. The van der Waals surface area contributed by atoms with Crippen LogP contribution in [0.1, 0.15) is 31.7 Å². The van der Waals surface area contributed by atoms with Crippen molar-refractivity contribution in [1.82, 2.24) is 0 Å². The van der Waals surface area contributed by atoms with Crippen LogP contribution in [0.4, 0.5) is 4.39 Å². The molecule has 1 unspecified atom stereocenters. The lowest BCUT2D eigenvalue weighted by Gasteiger charge is -2.09. The number of aliphatic hydroxyl groups excluding tert-OH is 1. The molecule has 3 heteroatoms. The average Bonchev–Trinajstić information content (AvgIpc) is 2.28. The maximum absolute atomic E-state index is 13.2. The maximum atomic E-state index is 13.2. The van der Waals surface area contributed by atoms with Crippen LogP contribution in [0.3, 0.4) is 0 Å². The first-order valence-corrected chi connectivity index (χ1v) is 5.70. The van der Waals surface area contributed by atoms with Gasteiger partial charge in [-0.3, -0.25) is 0 Å². The van der Waals surface area contributed by atoms with Crippen molar-refractivity contribution < 1.29 is 14.2 Å². The first kappa shape index (κ1) is 13.0. The Kier molecular flexibility index (Phi) is 5.26. The third kappa shape index (κ3) is 4.19. The molecule has 2 nitrogen and oxygen atoms in total. The largest absolute Gasteiger partial charge is 0.493 e. The van der Waals surface area contributed by atoms with Gasteiger partial charge in [-0.25, -0.2) is 4.39 Å². The van der Waals surface area contributed by atoms with Crippen LogP contribution in [0.25, 0.3) is 0 Å². The Labute approximate surface area is 96.1 Å².